The molecule has 0 aliphatic carbocycles. The highest BCUT2D eigenvalue weighted by Crippen LogP contribution is 2.40. The Kier molecular flexibility index (Phi) is 2.95. The lowest BCUT2D eigenvalue weighted by molar-refractivity contribution is 0.0322. The molecule has 1 saturated heterocycles. The molecule has 0 saturated carbocycles. The van der Waals surface area contributed by atoms with Crippen LogP contribution < -0.4 is 5.56 Å². The van der Waals surface area contributed by atoms with Crippen LogP contribution in [-0.4, -0.2) is 16.2 Å². The van der Waals surface area contributed by atoms with E-state index in [2.05, 4.69) is 4.98 Å². The van der Waals surface area contributed by atoms with Gasteiger partial charge in [0.1, 0.15) is 5.60 Å². The van der Waals surface area contributed by atoms with Crippen LogP contribution in [0.2, 0.25) is 0 Å². The summed E-state index contributed by atoms with van der Waals surface area (Å²) >= 11 is 0. The van der Waals surface area contributed by atoms with Gasteiger partial charge in [0.05, 0.1) is 5.69 Å². The molecule has 3 rings (SSSR count). The van der Waals surface area contributed by atoms with Gasteiger partial charge in [-0.1, -0.05) is 6.07 Å². The van der Waals surface area contributed by atoms with Crippen LogP contribution in [0.1, 0.15) is 24.1 Å². The zero-order valence-electron chi connectivity index (χ0n) is 10.9. The van der Waals surface area contributed by atoms with Crippen molar-refractivity contribution in [2.75, 3.05) is 6.61 Å². The summed E-state index contributed by atoms with van der Waals surface area (Å²) in [5, 5.41) is 0. The van der Waals surface area contributed by atoms with Crippen molar-refractivity contribution in [2.24, 2.45) is 7.05 Å². The predicted molar refractivity (Wildman–Crippen MR) is 71.9 cm³/mol. The van der Waals surface area contributed by atoms with Gasteiger partial charge in [0.2, 0.25) is 0 Å². The molecule has 0 aromatic carbocycles. The van der Waals surface area contributed by atoms with Crippen LogP contribution in [0, 0.1) is 0 Å². The summed E-state index contributed by atoms with van der Waals surface area (Å²) in [6, 6.07) is 9.40. The molecule has 4 nitrogen and oxygen atoms in total. The summed E-state index contributed by atoms with van der Waals surface area (Å²) in [7, 11) is 1.75. The van der Waals surface area contributed by atoms with Crippen molar-refractivity contribution in [3.05, 3.63) is 64.3 Å². The first kappa shape index (κ1) is 12.1. The second-order valence-corrected chi connectivity index (χ2v) is 4.86. The second kappa shape index (κ2) is 4.63. The fraction of sp³-hybridized carbons (Fsp3) is 0.333. The topological polar surface area (TPSA) is 44.1 Å². The zero-order valence-corrected chi connectivity index (χ0v) is 10.9. The van der Waals surface area contributed by atoms with Gasteiger partial charge < -0.3 is 9.30 Å². The third-order valence-electron chi connectivity index (χ3n) is 3.67. The average molecular weight is 256 g/mol. The number of aromatic nitrogens is 2. The summed E-state index contributed by atoms with van der Waals surface area (Å²) in [4.78, 5) is 16.3. The molecular weight excluding hydrogens is 240 g/mol. The predicted octanol–water partition coefficient (Wildman–Crippen LogP) is 1.83. The Balaban J connectivity index is 2.16. The van der Waals surface area contributed by atoms with Crippen LogP contribution in [0.5, 0.6) is 0 Å². The maximum atomic E-state index is 11.9. The number of nitrogens with zero attached hydrogens (tertiary/aromatic N) is 2. The molecule has 98 valence electrons. The van der Waals surface area contributed by atoms with Crippen molar-refractivity contribution < 1.29 is 4.74 Å². The Morgan fingerprint density at radius 2 is 2.26 bits per heavy atom. The normalized spacial score (nSPS) is 22.6. The first-order valence-electron chi connectivity index (χ1n) is 6.45. The van der Waals surface area contributed by atoms with E-state index in [0.717, 1.165) is 24.1 Å². The van der Waals surface area contributed by atoms with E-state index >= 15 is 0 Å². The number of rotatable bonds is 2. The minimum Gasteiger partial charge on any atom is -0.364 e. The largest absolute Gasteiger partial charge is 0.364 e. The molecule has 0 bridgehead atoms. The molecule has 1 unspecified atom stereocenters. The molecule has 2 aromatic rings. The maximum absolute atomic E-state index is 11.9. The van der Waals surface area contributed by atoms with Crippen LogP contribution in [0.3, 0.4) is 0 Å². The summed E-state index contributed by atoms with van der Waals surface area (Å²) < 4.78 is 7.56. The SMILES string of the molecule is Cn1ccc(C2(c3ccccn3)CCCO2)cc1=O. The van der Waals surface area contributed by atoms with E-state index in [1.54, 1.807) is 30.1 Å². The summed E-state index contributed by atoms with van der Waals surface area (Å²) in [5.74, 6) is 0. The highest BCUT2D eigenvalue weighted by molar-refractivity contribution is 5.32. The molecule has 0 amide bonds. The first-order valence-corrected chi connectivity index (χ1v) is 6.45. The van der Waals surface area contributed by atoms with E-state index in [-0.39, 0.29) is 5.56 Å². The van der Waals surface area contributed by atoms with Gasteiger partial charge in [0, 0.05) is 32.1 Å². The van der Waals surface area contributed by atoms with Gasteiger partial charge in [-0.2, -0.15) is 0 Å². The van der Waals surface area contributed by atoms with Gasteiger partial charge in [-0.15, -0.1) is 0 Å². The molecule has 2 aromatic heterocycles. The Bertz CT molecular complexity index is 628. The van der Waals surface area contributed by atoms with E-state index in [0.29, 0.717) is 6.61 Å². The smallest absolute Gasteiger partial charge is 0.250 e. The highest BCUT2D eigenvalue weighted by atomic mass is 16.5. The maximum Gasteiger partial charge on any atom is 0.250 e. The number of aryl methyl sites for hydroxylation is 1. The van der Waals surface area contributed by atoms with E-state index in [4.69, 9.17) is 4.74 Å². The van der Waals surface area contributed by atoms with Crippen molar-refractivity contribution in [1.82, 2.24) is 9.55 Å². The van der Waals surface area contributed by atoms with Gasteiger partial charge in [0.15, 0.2) is 0 Å². The van der Waals surface area contributed by atoms with Crippen LogP contribution in [-0.2, 0) is 17.4 Å². The van der Waals surface area contributed by atoms with Crippen LogP contribution in [0.4, 0.5) is 0 Å². The lowest BCUT2D eigenvalue weighted by Gasteiger charge is -2.28. The fourth-order valence-corrected chi connectivity index (χ4v) is 2.62. The average Bonchev–Trinajstić information content (AvgIpc) is 2.93. The Labute approximate surface area is 111 Å². The minimum absolute atomic E-state index is 0.0247. The molecule has 0 spiro atoms. The molecule has 19 heavy (non-hydrogen) atoms. The third-order valence-corrected chi connectivity index (χ3v) is 3.67. The first-order chi connectivity index (χ1) is 9.22. The molecule has 4 heteroatoms. The molecule has 1 aliphatic rings. The van der Waals surface area contributed by atoms with Crippen LogP contribution >= 0.6 is 0 Å². The standard InChI is InChI=1S/C15H16N2O2/c1-17-9-6-12(11-14(17)18)15(7-4-10-19-15)13-5-2-3-8-16-13/h2-3,5-6,8-9,11H,4,7,10H2,1H3. The Morgan fingerprint density at radius 1 is 1.37 bits per heavy atom. The van der Waals surface area contributed by atoms with Gasteiger partial charge in [0.25, 0.3) is 5.56 Å². The number of pyridine rings is 2. The van der Waals surface area contributed by atoms with E-state index in [1.165, 1.54) is 0 Å². The lowest BCUT2D eigenvalue weighted by Crippen LogP contribution is -2.30. The second-order valence-electron chi connectivity index (χ2n) is 4.86. The number of ether oxygens (including phenoxy) is 1. The van der Waals surface area contributed by atoms with Gasteiger partial charge in [-0.05, 0) is 36.6 Å². The van der Waals surface area contributed by atoms with Gasteiger partial charge in [-0.25, -0.2) is 0 Å². The molecule has 1 aliphatic heterocycles. The summed E-state index contributed by atoms with van der Waals surface area (Å²) in [6.07, 6.45) is 5.38. The van der Waals surface area contributed by atoms with E-state index in [9.17, 15) is 4.79 Å². The van der Waals surface area contributed by atoms with Crippen molar-refractivity contribution >= 4 is 0 Å². The Hall–Kier alpha value is -1.94. The van der Waals surface area contributed by atoms with E-state index < -0.39 is 5.60 Å². The van der Waals surface area contributed by atoms with Gasteiger partial charge >= 0.3 is 0 Å². The molecule has 1 atom stereocenters. The summed E-state index contributed by atoms with van der Waals surface area (Å²) in [6.45, 7) is 0.700. The monoisotopic (exact) mass is 256 g/mol. The lowest BCUT2D eigenvalue weighted by atomic mass is 9.88. The van der Waals surface area contributed by atoms with Crippen LogP contribution in [0.25, 0.3) is 0 Å². The molecule has 3 heterocycles. The Morgan fingerprint density at radius 3 is 2.89 bits per heavy atom. The van der Waals surface area contributed by atoms with Crippen molar-refractivity contribution in [2.45, 2.75) is 18.4 Å². The van der Waals surface area contributed by atoms with E-state index in [1.807, 2.05) is 24.3 Å². The van der Waals surface area contributed by atoms with Crippen molar-refractivity contribution in [3.8, 4) is 0 Å². The molecular formula is C15H16N2O2. The molecule has 0 N–H and O–H groups in total. The summed E-state index contributed by atoms with van der Waals surface area (Å²) in [5.41, 5.74) is 1.19. The van der Waals surface area contributed by atoms with Gasteiger partial charge in [-0.3, -0.25) is 9.78 Å². The van der Waals surface area contributed by atoms with Crippen molar-refractivity contribution in [1.29, 1.82) is 0 Å². The van der Waals surface area contributed by atoms with Crippen LogP contribution in [0.15, 0.2) is 47.5 Å². The van der Waals surface area contributed by atoms with Crippen molar-refractivity contribution in [3.63, 3.8) is 0 Å². The molecule has 0 radical (unpaired) electrons. The quantitative estimate of drug-likeness (QED) is 0.823. The highest BCUT2D eigenvalue weighted by Gasteiger charge is 2.40. The third kappa shape index (κ3) is 1.98. The fourth-order valence-electron chi connectivity index (χ4n) is 2.62. The minimum atomic E-state index is -0.561. The molecule has 1 fully saturated rings. The number of hydrogen-bond acceptors (Lipinski definition) is 3. The number of hydrogen-bond donors (Lipinski definition) is 0. The zero-order chi connectivity index (χ0) is 13.3.